The molecule has 0 bridgehead atoms. The Bertz CT molecular complexity index is 407. The molecule has 1 saturated heterocycles. The van der Waals surface area contributed by atoms with Gasteiger partial charge in [0, 0.05) is 12.7 Å². The number of nitrogens with zero attached hydrogens (tertiary/aromatic N) is 1. The van der Waals surface area contributed by atoms with Crippen molar-refractivity contribution in [1.82, 2.24) is 5.32 Å². The summed E-state index contributed by atoms with van der Waals surface area (Å²) in [6, 6.07) is 5.11. The molecule has 2 atom stereocenters. The highest BCUT2D eigenvalue weighted by atomic mass is 19.1. The molecule has 1 heterocycles. The second kappa shape index (κ2) is 4.81. The first-order chi connectivity index (χ1) is 8.09. The number of halogens is 1. The van der Waals surface area contributed by atoms with E-state index in [1.54, 1.807) is 7.05 Å². The quantitative estimate of drug-likeness (QED) is 0.789. The molecule has 1 aliphatic rings. The smallest absolute Gasteiger partial charge is 0.246 e. The Morgan fingerprint density at radius 1 is 1.47 bits per heavy atom. The van der Waals surface area contributed by atoms with Gasteiger partial charge in [0.05, 0.1) is 6.10 Å². The number of likely N-dealkylation sites (N-methyl/N-ethyl adjacent to an activating group) is 1. The lowest BCUT2D eigenvalue weighted by Gasteiger charge is -2.23. The number of rotatable bonds is 2. The molecule has 0 unspecified atom stereocenters. The van der Waals surface area contributed by atoms with Crippen LogP contribution in [0.4, 0.5) is 10.1 Å². The number of hydrogen-bond acceptors (Lipinski definition) is 3. The molecule has 4 nitrogen and oxygen atoms in total. The van der Waals surface area contributed by atoms with Gasteiger partial charge < -0.3 is 15.3 Å². The van der Waals surface area contributed by atoms with Gasteiger partial charge in [0.1, 0.15) is 11.9 Å². The van der Waals surface area contributed by atoms with E-state index in [1.807, 2.05) is 0 Å². The number of carbonyl (C=O) groups is 1. The van der Waals surface area contributed by atoms with E-state index in [9.17, 15) is 14.3 Å². The largest absolute Gasteiger partial charge is 0.391 e. The highest BCUT2D eigenvalue weighted by Gasteiger charge is 2.33. The fourth-order valence-corrected chi connectivity index (χ4v) is 1.94. The minimum absolute atomic E-state index is 0.207. The fourth-order valence-electron chi connectivity index (χ4n) is 1.94. The van der Waals surface area contributed by atoms with E-state index in [-0.39, 0.29) is 11.7 Å². The molecular formula is C12H15FN2O2. The maximum atomic E-state index is 12.8. The van der Waals surface area contributed by atoms with Crippen molar-refractivity contribution in [3.8, 4) is 0 Å². The van der Waals surface area contributed by atoms with Crippen molar-refractivity contribution in [2.75, 3.05) is 18.5 Å². The fraction of sp³-hybridized carbons (Fsp3) is 0.417. The number of hydrogen-bond donors (Lipinski definition) is 2. The molecule has 2 N–H and O–H groups in total. The number of aliphatic hydroxyl groups excluding tert-OH is 1. The van der Waals surface area contributed by atoms with Crippen molar-refractivity contribution in [3.63, 3.8) is 0 Å². The van der Waals surface area contributed by atoms with Gasteiger partial charge in [-0.25, -0.2) is 4.39 Å². The average molecular weight is 238 g/mol. The summed E-state index contributed by atoms with van der Waals surface area (Å²) in [6.07, 6.45) is -0.0707. The van der Waals surface area contributed by atoms with Gasteiger partial charge in [-0.15, -0.1) is 0 Å². The molecule has 0 saturated carbocycles. The van der Waals surface area contributed by atoms with Gasteiger partial charge in [0.15, 0.2) is 0 Å². The van der Waals surface area contributed by atoms with Gasteiger partial charge in [-0.1, -0.05) is 0 Å². The minimum atomic E-state index is -0.648. The van der Waals surface area contributed by atoms with E-state index in [0.717, 1.165) is 0 Å². The first kappa shape index (κ1) is 12.0. The van der Waals surface area contributed by atoms with E-state index >= 15 is 0 Å². The summed E-state index contributed by atoms with van der Waals surface area (Å²) < 4.78 is 12.8. The maximum Gasteiger partial charge on any atom is 0.246 e. The topological polar surface area (TPSA) is 52.6 Å². The zero-order valence-corrected chi connectivity index (χ0v) is 9.56. The predicted octanol–water partition coefficient (Wildman–Crippen LogP) is 0.511. The van der Waals surface area contributed by atoms with Gasteiger partial charge in [-0.2, -0.15) is 0 Å². The van der Waals surface area contributed by atoms with Crippen LogP contribution in [0.1, 0.15) is 6.42 Å². The van der Waals surface area contributed by atoms with Crippen LogP contribution in [0.5, 0.6) is 0 Å². The summed E-state index contributed by atoms with van der Waals surface area (Å²) in [5, 5.41) is 12.6. The number of nitrogens with one attached hydrogen (secondary N) is 1. The second-order valence-electron chi connectivity index (χ2n) is 4.16. The molecule has 0 radical (unpaired) electrons. The highest BCUT2D eigenvalue weighted by Crippen LogP contribution is 2.17. The molecule has 0 spiro atoms. The molecule has 92 valence electrons. The van der Waals surface area contributed by atoms with Crippen molar-refractivity contribution in [1.29, 1.82) is 0 Å². The van der Waals surface area contributed by atoms with Crippen LogP contribution in [0.25, 0.3) is 0 Å². The molecular weight excluding hydrogens is 223 g/mol. The van der Waals surface area contributed by atoms with Gasteiger partial charge >= 0.3 is 0 Å². The normalized spacial score (nSPS) is 23.7. The van der Waals surface area contributed by atoms with Crippen molar-refractivity contribution in [3.05, 3.63) is 30.1 Å². The van der Waals surface area contributed by atoms with Crippen molar-refractivity contribution < 1.29 is 14.3 Å². The highest BCUT2D eigenvalue weighted by molar-refractivity contribution is 5.97. The molecule has 1 fully saturated rings. The molecule has 2 rings (SSSR count). The maximum absolute atomic E-state index is 12.8. The first-order valence-corrected chi connectivity index (χ1v) is 5.54. The van der Waals surface area contributed by atoms with Gasteiger partial charge in [-0.05, 0) is 37.2 Å². The zero-order valence-electron chi connectivity index (χ0n) is 9.56. The molecule has 0 aromatic heterocycles. The summed E-state index contributed by atoms with van der Waals surface area (Å²) >= 11 is 0. The Labute approximate surface area is 99.0 Å². The zero-order chi connectivity index (χ0) is 12.4. The minimum Gasteiger partial charge on any atom is -0.391 e. The number of benzene rings is 1. The van der Waals surface area contributed by atoms with Crippen LogP contribution in [-0.2, 0) is 4.79 Å². The number of amides is 1. The molecule has 1 aromatic carbocycles. The summed E-state index contributed by atoms with van der Waals surface area (Å²) in [5.41, 5.74) is 0.609. The predicted molar refractivity (Wildman–Crippen MR) is 62.2 cm³/mol. The van der Waals surface area contributed by atoms with Crippen LogP contribution in [0.2, 0.25) is 0 Å². The SMILES string of the molecule is CN(C(=O)[C@H]1NCC[C@@H]1O)c1ccc(F)cc1. The van der Waals surface area contributed by atoms with Crippen molar-refractivity contribution in [2.45, 2.75) is 18.6 Å². The van der Waals surface area contributed by atoms with Crippen LogP contribution in [0.3, 0.4) is 0 Å². The van der Waals surface area contributed by atoms with E-state index in [0.29, 0.717) is 18.7 Å². The van der Waals surface area contributed by atoms with Crippen LogP contribution in [-0.4, -0.2) is 36.8 Å². The Morgan fingerprint density at radius 2 is 2.12 bits per heavy atom. The number of anilines is 1. The Balaban J connectivity index is 2.11. The Hall–Kier alpha value is -1.46. The molecule has 1 aliphatic heterocycles. The number of aliphatic hydroxyl groups is 1. The third kappa shape index (κ3) is 2.45. The van der Waals surface area contributed by atoms with Crippen LogP contribution < -0.4 is 10.2 Å². The standard InChI is InChI=1S/C12H15FN2O2/c1-15(9-4-2-8(13)3-5-9)12(17)11-10(16)6-7-14-11/h2-5,10-11,14,16H,6-7H2,1H3/t10-,11-/m0/s1. The van der Waals surface area contributed by atoms with Gasteiger partial charge in [0.25, 0.3) is 0 Å². The third-order valence-electron chi connectivity index (χ3n) is 3.00. The molecule has 0 aliphatic carbocycles. The second-order valence-corrected chi connectivity index (χ2v) is 4.16. The summed E-state index contributed by atoms with van der Waals surface area (Å²) in [5.74, 6) is -0.546. The van der Waals surface area contributed by atoms with E-state index in [1.165, 1.54) is 29.2 Å². The van der Waals surface area contributed by atoms with E-state index in [2.05, 4.69) is 5.32 Å². The Kier molecular flexibility index (Phi) is 3.40. The summed E-state index contributed by atoms with van der Waals surface area (Å²) in [6.45, 7) is 0.634. The van der Waals surface area contributed by atoms with Crippen molar-refractivity contribution >= 4 is 11.6 Å². The van der Waals surface area contributed by atoms with Gasteiger partial charge in [-0.3, -0.25) is 4.79 Å². The van der Waals surface area contributed by atoms with Gasteiger partial charge in [0.2, 0.25) is 5.91 Å². The molecule has 1 aromatic rings. The van der Waals surface area contributed by atoms with E-state index < -0.39 is 12.1 Å². The first-order valence-electron chi connectivity index (χ1n) is 5.54. The van der Waals surface area contributed by atoms with Crippen molar-refractivity contribution in [2.24, 2.45) is 0 Å². The monoisotopic (exact) mass is 238 g/mol. The number of carbonyl (C=O) groups excluding carboxylic acids is 1. The lowest BCUT2D eigenvalue weighted by molar-refractivity contribution is -0.121. The van der Waals surface area contributed by atoms with Crippen LogP contribution >= 0.6 is 0 Å². The van der Waals surface area contributed by atoms with E-state index in [4.69, 9.17) is 0 Å². The average Bonchev–Trinajstić information content (AvgIpc) is 2.74. The molecule has 5 heteroatoms. The van der Waals surface area contributed by atoms with Crippen LogP contribution in [0, 0.1) is 5.82 Å². The molecule has 17 heavy (non-hydrogen) atoms. The summed E-state index contributed by atoms with van der Waals surface area (Å²) in [7, 11) is 1.61. The lowest BCUT2D eigenvalue weighted by atomic mass is 10.1. The molecule has 1 amide bonds. The van der Waals surface area contributed by atoms with Crippen LogP contribution in [0.15, 0.2) is 24.3 Å². The summed E-state index contributed by atoms with van der Waals surface area (Å²) in [4.78, 5) is 13.5. The third-order valence-corrected chi connectivity index (χ3v) is 3.00. The lowest BCUT2D eigenvalue weighted by Crippen LogP contribution is -2.46. The Morgan fingerprint density at radius 3 is 2.65 bits per heavy atom.